The van der Waals surface area contributed by atoms with Gasteiger partial charge in [0.2, 0.25) is 5.88 Å². The number of carboxylic acid groups (broad SMARTS) is 1. The van der Waals surface area contributed by atoms with Gasteiger partial charge in [-0.2, -0.15) is 0 Å². The van der Waals surface area contributed by atoms with Gasteiger partial charge in [0.05, 0.1) is 0 Å². The van der Waals surface area contributed by atoms with E-state index in [0.29, 0.717) is 18.6 Å². The maximum absolute atomic E-state index is 11.5. The van der Waals surface area contributed by atoms with E-state index >= 15 is 0 Å². The molecule has 2 aromatic carbocycles. The summed E-state index contributed by atoms with van der Waals surface area (Å²) in [7, 11) is 0. The van der Waals surface area contributed by atoms with Gasteiger partial charge in [-0.1, -0.05) is 44.2 Å². The number of carbonyl (C=O) groups is 2. The summed E-state index contributed by atoms with van der Waals surface area (Å²) in [5.41, 5.74) is 3.52. The van der Waals surface area contributed by atoms with Crippen LogP contribution in [0.4, 0.5) is 4.79 Å². The second-order valence-electron chi connectivity index (χ2n) is 8.94. The van der Waals surface area contributed by atoms with Crippen molar-refractivity contribution in [3.05, 3.63) is 83.6 Å². The Morgan fingerprint density at radius 2 is 1.54 bits per heavy atom. The van der Waals surface area contributed by atoms with Crippen molar-refractivity contribution in [2.75, 3.05) is 0 Å². The molecule has 1 aromatic heterocycles. The first-order valence-electron chi connectivity index (χ1n) is 11.2. The van der Waals surface area contributed by atoms with E-state index in [1.807, 2.05) is 48.5 Å². The molecule has 0 saturated heterocycles. The molecule has 9 heteroatoms. The lowest BCUT2D eigenvalue weighted by atomic mass is 9.78. The molecule has 0 bridgehead atoms. The number of nitrogens with zero attached hydrogens (tertiary/aromatic N) is 1. The summed E-state index contributed by atoms with van der Waals surface area (Å²) in [6.07, 6.45) is 0.356. The SMILES string of the molecule is CC(C)(c1ccc(Oc2cccc(C(=O)NO)n2)cc1)c1ccc(OC2CC(NC(=O)O)C2)cc1. The number of hydrogen-bond donors (Lipinski definition) is 4. The van der Waals surface area contributed by atoms with E-state index in [9.17, 15) is 9.59 Å². The van der Waals surface area contributed by atoms with Crippen LogP contribution in [0.1, 0.15) is 48.3 Å². The van der Waals surface area contributed by atoms with Gasteiger partial charge in [-0.25, -0.2) is 15.3 Å². The second kappa shape index (κ2) is 10.0. The maximum Gasteiger partial charge on any atom is 0.404 e. The molecule has 1 aliphatic rings. The summed E-state index contributed by atoms with van der Waals surface area (Å²) in [5, 5.41) is 20.0. The highest BCUT2D eigenvalue weighted by Gasteiger charge is 2.32. The smallest absolute Gasteiger partial charge is 0.404 e. The second-order valence-corrected chi connectivity index (χ2v) is 8.94. The van der Waals surface area contributed by atoms with Gasteiger partial charge in [-0.15, -0.1) is 0 Å². The average molecular weight is 478 g/mol. The number of aromatic nitrogens is 1. The molecular weight excluding hydrogens is 450 g/mol. The number of carbonyl (C=O) groups excluding carboxylic acids is 1. The molecule has 3 aromatic rings. The van der Waals surface area contributed by atoms with E-state index in [4.69, 9.17) is 19.8 Å². The predicted molar refractivity (Wildman–Crippen MR) is 127 cm³/mol. The third-order valence-corrected chi connectivity index (χ3v) is 6.16. The summed E-state index contributed by atoms with van der Waals surface area (Å²) in [6, 6.07) is 20.3. The predicted octanol–water partition coefficient (Wildman–Crippen LogP) is 4.50. The summed E-state index contributed by atoms with van der Waals surface area (Å²) in [5.74, 6) is 0.858. The molecule has 9 nitrogen and oxygen atoms in total. The zero-order valence-electron chi connectivity index (χ0n) is 19.4. The zero-order chi connectivity index (χ0) is 25.0. The number of pyridine rings is 1. The number of ether oxygens (including phenoxy) is 2. The topological polar surface area (TPSA) is 130 Å². The molecule has 0 radical (unpaired) electrons. The molecule has 182 valence electrons. The highest BCUT2D eigenvalue weighted by atomic mass is 16.5. The highest BCUT2D eigenvalue weighted by Crippen LogP contribution is 2.34. The molecule has 4 rings (SSSR count). The molecule has 2 amide bonds. The van der Waals surface area contributed by atoms with E-state index in [1.165, 1.54) is 6.07 Å². The Morgan fingerprint density at radius 3 is 2.11 bits per heavy atom. The van der Waals surface area contributed by atoms with Crippen molar-refractivity contribution in [1.29, 1.82) is 0 Å². The number of hydroxylamine groups is 1. The zero-order valence-corrected chi connectivity index (χ0v) is 19.4. The van der Waals surface area contributed by atoms with Crippen LogP contribution in [-0.4, -0.2) is 39.4 Å². The lowest BCUT2D eigenvalue weighted by Gasteiger charge is -2.35. The van der Waals surface area contributed by atoms with E-state index < -0.39 is 12.0 Å². The average Bonchev–Trinajstić information content (AvgIpc) is 2.83. The van der Waals surface area contributed by atoms with Crippen LogP contribution in [0, 0.1) is 0 Å². The molecule has 0 unspecified atom stereocenters. The van der Waals surface area contributed by atoms with Gasteiger partial charge in [-0.05, 0) is 41.5 Å². The molecule has 1 saturated carbocycles. The fourth-order valence-corrected chi connectivity index (χ4v) is 3.98. The first kappa shape index (κ1) is 24.0. The van der Waals surface area contributed by atoms with Crippen LogP contribution in [-0.2, 0) is 5.41 Å². The van der Waals surface area contributed by atoms with Crippen LogP contribution in [0.3, 0.4) is 0 Å². The van der Waals surface area contributed by atoms with E-state index in [1.54, 1.807) is 17.6 Å². The van der Waals surface area contributed by atoms with Crippen molar-refractivity contribution in [2.24, 2.45) is 0 Å². The Balaban J connectivity index is 1.38. The molecule has 1 fully saturated rings. The molecule has 0 aliphatic heterocycles. The summed E-state index contributed by atoms with van der Waals surface area (Å²) in [6.45, 7) is 4.26. The van der Waals surface area contributed by atoms with Gasteiger partial charge < -0.3 is 19.9 Å². The first-order valence-corrected chi connectivity index (χ1v) is 11.2. The van der Waals surface area contributed by atoms with Gasteiger partial charge in [0.25, 0.3) is 5.91 Å². The Morgan fingerprint density at radius 1 is 0.943 bits per heavy atom. The third kappa shape index (κ3) is 5.70. The normalized spacial score (nSPS) is 17.1. The summed E-state index contributed by atoms with van der Waals surface area (Å²) >= 11 is 0. The van der Waals surface area contributed by atoms with Crippen molar-refractivity contribution in [2.45, 2.75) is 44.2 Å². The monoisotopic (exact) mass is 477 g/mol. The lowest BCUT2D eigenvalue weighted by molar-refractivity contribution is 0.0700. The number of hydrogen-bond acceptors (Lipinski definition) is 6. The van der Waals surface area contributed by atoms with Crippen molar-refractivity contribution in [3.63, 3.8) is 0 Å². The van der Waals surface area contributed by atoms with Crippen molar-refractivity contribution in [3.8, 4) is 17.4 Å². The number of nitrogens with one attached hydrogen (secondary N) is 2. The minimum absolute atomic E-state index is 0.0199. The van der Waals surface area contributed by atoms with Gasteiger partial charge in [0, 0.05) is 30.4 Å². The van der Waals surface area contributed by atoms with E-state index in [-0.39, 0.29) is 29.1 Å². The number of amides is 2. The molecule has 35 heavy (non-hydrogen) atoms. The van der Waals surface area contributed by atoms with Gasteiger partial charge >= 0.3 is 6.09 Å². The first-order chi connectivity index (χ1) is 16.7. The fraction of sp³-hybridized carbons (Fsp3) is 0.269. The Hall–Kier alpha value is -4.11. The fourth-order valence-electron chi connectivity index (χ4n) is 3.98. The van der Waals surface area contributed by atoms with Crippen LogP contribution < -0.4 is 20.3 Å². The van der Waals surface area contributed by atoms with Crippen LogP contribution in [0.15, 0.2) is 66.7 Å². The molecular formula is C26H27N3O6. The number of rotatable bonds is 8. The van der Waals surface area contributed by atoms with Gasteiger partial charge in [0.1, 0.15) is 23.3 Å². The quantitative estimate of drug-likeness (QED) is 0.278. The Labute approximate surface area is 202 Å². The van der Waals surface area contributed by atoms with Crippen LogP contribution in [0.2, 0.25) is 0 Å². The van der Waals surface area contributed by atoms with E-state index in [2.05, 4.69) is 24.1 Å². The standard InChI is InChI=1S/C26H27N3O6/c1-26(2,16-6-10-19(11-7-16)34-21-14-18(15-21)27-25(31)32)17-8-12-20(13-9-17)35-23-5-3-4-22(28-23)24(30)29-33/h3-13,18,21,27,33H,14-15H2,1-2H3,(H,29,30)(H,31,32). The third-order valence-electron chi connectivity index (χ3n) is 6.16. The number of benzene rings is 2. The van der Waals surface area contributed by atoms with Gasteiger partial charge in [0.15, 0.2) is 0 Å². The molecule has 0 spiro atoms. The van der Waals surface area contributed by atoms with Crippen molar-refractivity contribution < 1.29 is 29.4 Å². The minimum atomic E-state index is -1.00. The Bertz CT molecular complexity index is 1190. The van der Waals surface area contributed by atoms with Gasteiger partial charge in [-0.3, -0.25) is 10.0 Å². The van der Waals surface area contributed by atoms with E-state index in [0.717, 1.165) is 16.9 Å². The molecule has 1 aliphatic carbocycles. The highest BCUT2D eigenvalue weighted by molar-refractivity contribution is 5.91. The van der Waals surface area contributed by atoms with Crippen LogP contribution >= 0.6 is 0 Å². The molecule has 1 heterocycles. The van der Waals surface area contributed by atoms with Crippen LogP contribution in [0.5, 0.6) is 17.4 Å². The van der Waals surface area contributed by atoms with Crippen LogP contribution in [0.25, 0.3) is 0 Å². The largest absolute Gasteiger partial charge is 0.490 e. The lowest BCUT2D eigenvalue weighted by Crippen LogP contribution is -2.48. The maximum atomic E-state index is 11.5. The molecule has 0 atom stereocenters. The minimum Gasteiger partial charge on any atom is -0.490 e. The summed E-state index contributed by atoms with van der Waals surface area (Å²) < 4.78 is 11.7. The summed E-state index contributed by atoms with van der Waals surface area (Å²) in [4.78, 5) is 26.3. The van der Waals surface area contributed by atoms with Crippen molar-refractivity contribution in [1.82, 2.24) is 15.8 Å². The molecule has 4 N–H and O–H groups in total. The Kier molecular flexibility index (Phi) is 6.88. The van der Waals surface area contributed by atoms with Crippen molar-refractivity contribution >= 4 is 12.0 Å².